The third-order valence-corrected chi connectivity index (χ3v) is 3.85. The highest BCUT2D eigenvalue weighted by molar-refractivity contribution is 6.30. The van der Waals surface area contributed by atoms with Crippen LogP contribution >= 0.6 is 23.2 Å². The van der Waals surface area contributed by atoms with Crippen LogP contribution in [-0.2, 0) is 4.79 Å². The standard InChI is InChI=1S/C12H12Cl2O/c13-10-3-1-9(2-4-10)11(5-8-15)12(14)6-7-12/h1-4,8,11H,5-7H2. The van der Waals surface area contributed by atoms with Gasteiger partial charge in [-0.3, -0.25) is 0 Å². The summed E-state index contributed by atoms with van der Waals surface area (Å²) in [4.78, 5) is 10.5. The smallest absolute Gasteiger partial charge is 0.120 e. The fourth-order valence-corrected chi connectivity index (χ4v) is 2.34. The Morgan fingerprint density at radius 1 is 1.33 bits per heavy atom. The van der Waals surface area contributed by atoms with Crippen molar-refractivity contribution in [2.45, 2.75) is 30.1 Å². The zero-order chi connectivity index (χ0) is 10.9. The molecule has 1 atom stereocenters. The van der Waals surface area contributed by atoms with Crippen molar-refractivity contribution in [2.75, 3.05) is 0 Å². The zero-order valence-corrected chi connectivity index (χ0v) is 9.76. The highest BCUT2D eigenvalue weighted by atomic mass is 35.5. The van der Waals surface area contributed by atoms with Crippen LogP contribution in [-0.4, -0.2) is 11.2 Å². The molecule has 1 unspecified atom stereocenters. The first-order valence-corrected chi connectivity index (χ1v) is 5.79. The first-order chi connectivity index (χ1) is 7.15. The lowest BCUT2D eigenvalue weighted by Gasteiger charge is -2.19. The van der Waals surface area contributed by atoms with E-state index in [9.17, 15) is 4.79 Å². The lowest BCUT2D eigenvalue weighted by Crippen LogP contribution is -2.14. The van der Waals surface area contributed by atoms with Gasteiger partial charge in [-0.25, -0.2) is 0 Å². The molecular formula is C12H12Cl2O. The molecule has 0 amide bonds. The van der Waals surface area contributed by atoms with Gasteiger partial charge in [-0.2, -0.15) is 0 Å². The van der Waals surface area contributed by atoms with Gasteiger partial charge >= 0.3 is 0 Å². The van der Waals surface area contributed by atoms with E-state index in [2.05, 4.69) is 0 Å². The maximum atomic E-state index is 10.6. The molecule has 0 radical (unpaired) electrons. The predicted molar refractivity (Wildman–Crippen MR) is 62.7 cm³/mol. The average molecular weight is 243 g/mol. The number of hydrogen-bond acceptors (Lipinski definition) is 1. The number of aldehydes is 1. The molecule has 1 aromatic carbocycles. The van der Waals surface area contributed by atoms with Crippen LogP contribution in [0.5, 0.6) is 0 Å². The first kappa shape index (κ1) is 11.0. The second-order valence-corrected chi connectivity index (χ2v) is 5.23. The van der Waals surface area contributed by atoms with Gasteiger partial charge in [0.2, 0.25) is 0 Å². The van der Waals surface area contributed by atoms with Crippen LogP contribution in [0.2, 0.25) is 5.02 Å². The molecule has 1 aliphatic carbocycles. The van der Waals surface area contributed by atoms with Crippen LogP contribution in [0.3, 0.4) is 0 Å². The summed E-state index contributed by atoms with van der Waals surface area (Å²) in [6.07, 6.45) is 3.43. The minimum Gasteiger partial charge on any atom is -0.303 e. The van der Waals surface area contributed by atoms with Crippen molar-refractivity contribution in [3.8, 4) is 0 Å². The average Bonchev–Trinajstić information content (AvgIpc) is 2.96. The quantitative estimate of drug-likeness (QED) is 0.580. The summed E-state index contributed by atoms with van der Waals surface area (Å²) in [5, 5.41) is 0.711. The van der Waals surface area contributed by atoms with Gasteiger partial charge in [0.1, 0.15) is 6.29 Å². The van der Waals surface area contributed by atoms with Crippen molar-refractivity contribution in [3.05, 3.63) is 34.9 Å². The fraction of sp³-hybridized carbons (Fsp3) is 0.417. The second kappa shape index (κ2) is 4.15. The third kappa shape index (κ3) is 2.35. The summed E-state index contributed by atoms with van der Waals surface area (Å²) in [7, 11) is 0. The number of carbonyl (C=O) groups is 1. The highest BCUT2D eigenvalue weighted by Crippen LogP contribution is 2.54. The molecular weight excluding hydrogens is 231 g/mol. The lowest BCUT2D eigenvalue weighted by molar-refractivity contribution is -0.108. The van der Waals surface area contributed by atoms with Crippen LogP contribution in [0.25, 0.3) is 0 Å². The molecule has 80 valence electrons. The van der Waals surface area contributed by atoms with Gasteiger partial charge in [-0.1, -0.05) is 23.7 Å². The molecule has 0 aromatic heterocycles. The number of benzene rings is 1. The van der Waals surface area contributed by atoms with Crippen molar-refractivity contribution < 1.29 is 4.79 Å². The first-order valence-electron chi connectivity index (χ1n) is 5.04. The molecule has 0 spiro atoms. The molecule has 1 fully saturated rings. The van der Waals surface area contributed by atoms with Gasteiger partial charge in [0.25, 0.3) is 0 Å². The molecule has 0 aliphatic heterocycles. The molecule has 0 N–H and O–H groups in total. The monoisotopic (exact) mass is 242 g/mol. The molecule has 0 saturated heterocycles. The Balaban J connectivity index is 2.24. The van der Waals surface area contributed by atoms with Crippen molar-refractivity contribution in [3.63, 3.8) is 0 Å². The normalized spacial score (nSPS) is 19.6. The topological polar surface area (TPSA) is 17.1 Å². The number of hydrogen-bond donors (Lipinski definition) is 0. The SMILES string of the molecule is O=CCC(c1ccc(Cl)cc1)C1(Cl)CC1. The van der Waals surface area contributed by atoms with Crippen LogP contribution in [0.4, 0.5) is 0 Å². The summed E-state index contributed by atoms with van der Waals surface area (Å²) in [5.74, 6) is 0.133. The number of halogens is 2. The maximum Gasteiger partial charge on any atom is 0.120 e. The Labute approximate surface area is 99.4 Å². The summed E-state index contributed by atoms with van der Waals surface area (Å²) < 4.78 is 0. The molecule has 1 saturated carbocycles. The van der Waals surface area contributed by atoms with E-state index in [4.69, 9.17) is 23.2 Å². The van der Waals surface area contributed by atoms with E-state index >= 15 is 0 Å². The van der Waals surface area contributed by atoms with E-state index in [1.807, 2.05) is 24.3 Å². The number of carbonyl (C=O) groups excluding carboxylic acids is 1. The Bertz CT molecular complexity index is 354. The Hall–Kier alpha value is -0.530. The third-order valence-electron chi connectivity index (χ3n) is 2.96. The van der Waals surface area contributed by atoms with Crippen LogP contribution in [0.15, 0.2) is 24.3 Å². The molecule has 1 nitrogen and oxygen atoms in total. The largest absolute Gasteiger partial charge is 0.303 e. The Kier molecular flexibility index (Phi) is 3.03. The van der Waals surface area contributed by atoms with Gasteiger partial charge < -0.3 is 4.79 Å². The number of alkyl halides is 1. The molecule has 1 aliphatic rings. The van der Waals surface area contributed by atoms with Crippen LogP contribution in [0.1, 0.15) is 30.7 Å². The summed E-state index contributed by atoms with van der Waals surface area (Å²) >= 11 is 12.2. The van der Waals surface area contributed by atoms with E-state index in [1.54, 1.807) is 0 Å². The van der Waals surface area contributed by atoms with E-state index in [-0.39, 0.29) is 10.8 Å². The van der Waals surface area contributed by atoms with Gasteiger partial charge in [-0.05, 0) is 30.5 Å². The maximum absolute atomic E-state index is 10.6. The summed E-state index contributed by atoms with van der Waals surface area (Å²) in [5.41, 5.74) is 1.11. The molecule has 1 aromatic rings. The predicted octanol–water partition coefficient (Wildman–Crippen LogP) is 3.78. The number of rotatable bonds is 4. The fourth-order valence-electron chi connectivity index (χ4n) is 1.91. The zero-order valence-electron chi connectivity index (χ0n) is 8.25. The van der Waals surface area contributed by atoms with E-state index < -0.39 is 0 Å². The van der Waals surface area contributed by atoms with Crippen LogP contribution < -0.4 is 0 Å². The molecule has 2 rings (SSSR count). The van der Waals surface area contributed by atoms with E-state index in [0.29, 0.717) is 11.4 Å². The van der Waals surface area contributed by atoms with Gasteiger partial charge in [-0.15, -0.1) is 11.6 Å². The molecule has 15 heavy (non-hydrogen) atoms. The molecule has 3 heteroatoms. The van der Waals surface area contributed by atoms with E-state index in [0.717, 1.165) is 24.7 Å². The minimum atomic E-state index is -0.186. The van der Waals surface area contributed by atoms with Gasteiger partial charge in [0, 0.05) is 17.4 Å². The van der Waals surface area contributed by atoms with E-state index in [1.165, 1.54) is 0 Å². The highest BCUT2D eigenvalue weighted by Gasteiger charge is 2.47. The van der Waals surface area contributed by atoms with Gasteiger partial charge in [0.15, 0.2) is 0 Å². The summed E-state index contributed by atoms with van der Waals surface area (Å²) in [6.45, 7) is 0. The van der Waals surface area contributed by atoms with Crippen LogP contribution in [0, 0.1) is 0 Å². The lowest BCUT2D eigenvalue weighted by atomic mass is 9.91. The van der Waals surface area contributed by atoms with Gasteiger partial charge in [0.05, 0.1) is 4.87 Å². The van der Waals surface area contributed by atoms with Crippen molar-refractivity contribution >= 4 is 29.5 Å². The Morgan fingerprint density at radius 3 is 2.40 bits per heavy atom. The van der Waals surface area contributed by atoms with Crippen molar-refractivity contribution in [1.29, 1.82) is 0 Å². The Morgan fingerprint density at radius 2 is 1.93 bits per heavy atom. The molecule has 0 heterocycles. The van der Waals surface area contributed by atoms with Crippen molar-refractivity contribution in [2.24, 2.45) is 0 Å². The second-order valence-electron chi connectivity index (χ2n) is 4.04. The van der Waals surface area contributed by atoms with Crippen molar-refractivity contribution in [1.82, 2.24) is 0 Å². The minimum absolute atomic E-state index is 0.133. The molecule has 0 bridgehead atoms. The summed E-state index contributed by atoms with van der Waals surface area (Å²) in [6, 6.07) is 7.60.